The minimum atomic E-state index is -1.43. The molecule has 6 heteroatoms. The lowest BCUT2D eigenvalue weighted by Gasteiger charge is -2.36. The van der Waals surface area contributed by atoms with Crippen molar-refractivity contribution in [3.8, 4) is 0 Å². The number of rotatable bonds is 2. The Kier molecular flexibility index (Phi) is 4.61. The molecule has 0 aromatic rings. The molecule has 1 heterocycles. The molecule has 1 saturated heterocycles. The zero-order valence-electron chi connectivity index (χ0n) is 10.5. The van der Waals surface area contributed by atoms with Crippen molar-refractivity contribution in [2.45, 2.75) is 44.9 Å². The number of carbonyl (C=O) groups excluding carboxylic acids is 1. The van der Waals surface area contributed by atoms with Crippen LogP contribution in [0.1, 0.15) is 33.6 Å². The minimum Gasteiger partial charge on any atom is -0.444 e. The number of hydrogen-bond donors (Lipinski definition) is 0. The SMILES string of the molecule is CC(C)(C)OC(=O)N1CCC(F)(COCl)CC1. The molecule has 0 bridgehead atoms. The van der Waals surface area contributed by atoms with E-state index >= 15 is 0 Å². The highest BCUT2D eigenvalue weighted by molar-refractivity contribution is 6.07. The van der Waals surface area contributed by atoms with Crippen LogP contribution < -0.4 is 0 Å². The predicted molar refractivity (Wildman–Crippen MR) is 62.7 cm³/mol. The van der Waals surface area contributed by atoms with Crippen LogP contribution in [-0.4, -0.2) is 42.0 Å². The van der Waals surface area contributed by atoms with Crippen molar-refractivity contribution in [1.29, 1.82) is 0 Å². The second kappa shape index (κ2) is 5.40. The summed E-state index contributed by atoms with van der Waals surface area (Å²) in [6.45, 7) is 5.91. The van der Waals surface area contributed by atoms with Crippen molar-refractivity contribution in [2.24, 2.45) is 0 Å². The molecule has 1 rings (SSSR count). The van der Waals surface area contributed by atoms with E-state index in [0.717, 1.165) is 0 Å². The van der Waals surface area contributed by atoms with Crippen molar-refractivity contribution in [1.82, 2.24) is 4.90 Å². The van der Waals surface area contributed by atoms with E-state index < -0.39 is 17.4 Å². The van der Waals surface area contributed by atoms with Gasteiger partial charge in [-0.05, 0) is 20.8 Å². The first kappa shape index (κ1) is 14.5. The molecule has 0 radical (unpaired) electrons. The van der Waals surface area contributed by atoms with E-state index in [1.165, 1.54) is 4.90 Å². The van der Waals surface area contributed by atoms with Crippen LogP contribution in [0.3, 0.4) is 0 Å². The van der Waals surface area contributed by atoms with Gasteiger partial charge in [-0.1, -0.05) is 0 Å². The van der Waals surface area contributed by atoms with Crippen molar-refractivity contribution in [3.63, 3.8) is 0 Å². The van der Waals surface area contributed by atoms with Crippen molar-refractivity contribution in [2.75, 3.05) is 19.7 Å². The molecule has 0 spiro atoms. The Bertz CT molecular complexity index is 272. The molecule has 0 aromatic heterocycles. The van der Waals surface area contributed by atoms with Gasteiger partial charge < -0.3 is 9.64 Å². The summed E-state index contributed by atoms with van der Waals surface area (Å²) in [5.41, 5.74) is -1.96. The number of hydrogen-bond acceptors (Lipinski definition) is 3. The second-order valence-corrected chi connectivity index (χ2v) is 5.59. The summed E-state index contributed by atoms with van der Waals surface area (Å²) >= 11 is 5.07. The highest BCUT2D eigenvalue weighted by atomic mass is 35.5. The summed E-state index contributed by atoms with van der Waals surface area (Å²) < 4.78 is 23.5. The summed E-state index contributed by atoms with van der Waals surface area (Å²) in [5.74, 6) is 0. The van der Waals surface area contributed by atoms with Crippen LogP contribution in [0.25, 0.3) is 0 Å². The lowest BCUT2D eigenvalue weighted by Crippen LogP contribution is -2.47. The number of likely N-dealkylation sites (tertiary alicyclic amines) is 1. The van der Waals surface area contributed by atoms with Crippen LogP contribution in [0.4, 0.5) is 9.18 Å². The Balaban J connectivity index is 2.44. The maximum atomic E-state index is 14.0. The summed E-state index contributed by atoms with van der Waals surface area (Å²) in [6.07, 6.45) is 0.0455. The number of amides is 1. The minimum absolute atomic E-state index is 0.142. The first-order chi connectivity index (χ1) is 7.76. The fraction of sp³-hybridized carbons (Fsp3) is 0.909. The molecule has 0 aliphatic carbocycles. The lowest BCUT2D eigenvalue weighted by molar-refractivity contribution is -0.00807. The fourth-order valence-corrected chi connectivity index (χ4v) is 1.85. The third kappa shape index (κ3) is 4.68. The zero-order valence-corrected chi connectivity index (χ0v) is 11.2. The van der Waals surface area contributed by atoms with Crippen molar-refractivity contribution < 1.29 is 18.2 Å². The molecule has 1 fully saturated rings. The fourth-order valence-electron chi connectivity index (χ4n) is 1.66. The Morgan fingerprint density at radius 3 is 2.35 bits per heavy atom. The number of ether oxygens (including phenoxy) is 1. The largest absolute Gasteiger partial charge is 0.444 e. The first-order valence-corrected chi connectivity index (χ1v) is 5.97. The summed E-state index contributed by atoms with van der Waals surface area (Å²) in [4.78, 5) is 13.2. The third-order valence-electron chi connectivity index (χ3n) is 2.62. The van der Waals surface area contributed by atoms with Gasteiger partial charge in [0.25, 0.3) is 0 Å². The second-order valence-electron chi connectivity index (χ2n) is 5.37. The molecule has 0 atom stereocenters. The molecule has 4 nitrogen and oxygen atoms in total. The Morgan fingerprint density at radius 2 is 1.94 bits per heavy atom. The van der Waals surface area contributed by atoms with Gasteiger partial charge in [0.1, 0.15) is 17.9 Å². The molecule has 0 N–H and O–H groups in total. The van der Waals surface area contributed by atoms with Gasteiger partial charge >= 0.3 is 6.09 Å². The molecule has 1 aliphatic heterocycles. The highest BCUT2D eigenvalue weighted by Gasteiger charge is 2.37. The number of halogens is 2. The van der Waals surface area contributed by atoms with Gasteiger partial charge in [-0.3, -0.25) is 4.29 Å². The van der Waals surface area contributed by atoms with E-state index in [2.05, 4.69) is 4.29 Å². The molecule has 1 amide bonds. The molecular formula is C11H19ClFNO3. The molecule has 1 aliphatic rings. The average molecular weight is 268 g/mol. The predicted octanol–water partition coefficient (Wildman–Crippen LogP) is 2.90. The Morgan fingerprint density at radius 1 is 1.41 bits per heavy atom. The van der Waals surface area contributed by atoms with Gasteiger partial charge in [-0.15, -0.1) is 0 Å². The molecule has 0 unspecified atom stereocenters. The standard InChI is InChI=1S/C11H19ClFNO3/c1-10(2,3)17-9(15)14-6-4-11(13,5-7-14)8-16-12/h4-8H2,1-3H3. The zero-order chi connectivity index (χ0) is 13.1. The summed E-state index contributed by atoms with van der Waals surface area (Å²) in [7, 11) is 0. The van der Waals surface area contributed by atoms with Crippen LogP contribution in [0.5, 0.6) is 0 Å². The van der Waals surface area contributed by atoms with Crippen molar-refractivity contribution in [3.05, 3.63) is 0 Å². The molecule has 100 valence electrons. The van der Waals surface area contributed by atoms with E-state index in [0.29, 0.717) is 13.1 Å². The quantitative estimate of drug-likeness (QED) is 0.772. The van der Waals surface area contributed by atoms with E-state index in [1.54, 1.807) is 20.8 Å². The van der Waals surface area contributed by atoms with Gasteiger partial charge in [0.05, 0.1) is 11.9 Å². The maximum absolute atomic E-state index is 14.0. The topological polar surface area (TPSA) is 38.8 Å². The summed E-state index contributed by atoms with van der Waals surface area (Å²) in [6, 6.07) is 0. The van der Waals surface area contributed by atoms with Gasteiger partial charge in [0, 0.05) is 25.9 Å². The Labute approximate surface area is 106 Å². The van der Waals surface area contributed by atoms with Gasteiger partial charge in [0.15, 0.2) is 0 Å². The van der Waals surface area contributed by atoms with Crippen LogP contribution >= 0.6 is 11.9 Å². The maximum Gasteiger partial charge on any atom is 0.410 e. The van der Waals surface area contributed by atoms with Gasteiger partial charge in [-0.25, -0.2) is 9.18 Å². The highest BCUT2D eigenvalue weighted by Crippen LogP contribution is 2.28. The van der Waals surface area contributed by atoms with E-state index in [4.69, 9.17) is 16.6 Å². The lowest BCUT2D eigenvalue weighted by atomic mass is 9.95. The summed E-state index contributed by atoms with van der Waals surface area (Å²) in [5, 5.41) is 0. The van der Waals surface area contributed by atoms with E-state index in [-0.39, 0.29) is 19.4 Å². The van der Waals surface area contributed by atoms with Crippen LogP contribution in [-0.2, 0) is 9.03 Å². The van der Waals surface area contributed by atoms with Gasteiger partial charge in [-0.2, -0.15) is 0 Å². The molecule has 0 saturated carbocycles. The number of nitrogens with zero attached hydrogens (tertiary/aromatic N) is 1. The van der Waals surface area contributed by atoms with E-state index in [9.17, 15) is 9.18 Å². The van der Waals surface area contributed by atoms with Gasteiger partial charge in [0.2, 0.25) is 0 Å². The van der Waals surface area contributed by atoms with Crippen LogP contribution in [0.2, 0.25) is 0 Å². The van der Waals surface area contributed by atoms with Crippen LogP contribution in [0.15, 0.2) is 0 Å². The molecular weight excluding hydrogens is 249 g/mol. The normalized spacial score (nSPS) is 20.2. The smallest absolute Gasteiger partial charge is 0.410 e. The molecule has 0 aromatic carbocycles. The number of carbonyl (C=O) groups is 1. The Hall–Kier alpha value is -0.550. The third-order valence-corrected chi connectivity index (χ3v) is 2.73. The average Bonchev–Trinajstić information content (AvgIpc) is 2.15. The van der Waals surface area contributed by atoms with Crippen molar-refractivity contribution >= 4 is 18.0 Å². The molecule has 17 heavy (non-hydrogen) atoms. The van der Waals surface area contributed by atoms with E-state index in [1.807, 2.05) is 0 Å². The first-order valence-electron chi connectivity index (χ1n) is 5.66. The monoisotopic (exact) mass is 267 g/mol. The van der Waals surface area contributed by atoms with Crippen LogP contribution in [0, 0.1) is 0 Å². The number of piperidine rings is 1. The number of alkyl halides is 1.